The van der Waals surface area contributed by atoms with Crippen LogP contribution in [0.1, 0.15) is 45.4 Å². The quantitative estimate of drug-likeness (QED) is 0.785. The molecule has 0 aromatic heterocycles. The number of carbonyl (C=O) groups excluding carboxylic acids is 1. The van der Waals surface area contributed by atoms with Crippen molar-refractivity contribution in [2.45, 2.75) is 51.0 Å². The van der Waals surface area contributed by atoms with Gasteiger partial charge in [0.25, 0.3) is 0 Å². The number of hydrogen-bond donors (Lipinski definition) is 2. The van der Waals surface area contributed by atoms with E-state index in [4.69, 9.17) is 5.11 Å². The minimum Gasteiger partial charge on any atom is -0.481 e. The number of hydrogen-bond acceptors (Lipinski definition) is 3. The van der Waals surface area contributed by atoms with E-state index in [9.17, 15) is 14.7 Å². The number of aliphatic hydroxyl groups is 1. The van der Waals surface area contributed by atoms with Crippen LogP contribution in [0.4, 0.5) is 0 Å². The molecule has 2 fully saturated rings. The molecule has 0 radical (unpaired) electrons. The van der Waals surface area contributed by atoms with Gasteiger partial charge in [0.2, 0.25) is 5.91 Å². The Labute approximate surface area is 107 Å². The number of amides is 1. The van der Waals surface area contributed by atoms with Crippen LogP contribution < -0.4 is 0 Å². The lowest BCUT2D eigenvalue weighted by Gasteiger charge is -2.45. The molecule has 1 amide bonds. The number of carboxylic acid groups (broad SMARTS) is 1. The third-order valence-corrected chi connectivity index (χ3v) is 4.13. The Kier molecular flexibility index (Phi) is 3.36. The van der Waals surface area contributed by atoms with Crippen molar-refractivity contribution in [2.75, 3.05) is 13.1 Å². The molecule has 102 valence electrons. The first-order chi connectivity index (χ1) is 8.32. The largest absolute Gasteiger partial charge is 0.481 e. The number of carbonyl (C=O) groups is 2. The van der Waals surface area contributed by atoms with Gasteiger partial charge >= 0.3 is 5.97 Å². The molecule has 0 aromatic carbocycles. The number of rotatable bonds is 4. The first-order valence-electron chi connectivity index (χ1n) is 6.54. The van der Waals surface area contributed by atoms with Gasteiger partial charge in [0.05, 0.1) is 25.1 Å². The first kappa shape index (κ1) is 13.3. The molecule has 0 unspecified atom stereocenters. The number of β-amino-alcohol motifs (C(OH)–C–C–N with tert-alkyl or cyclic N) is 1. The minimum absolute atomic E-state index is 0.00956. The Bertz CT molecular complexity index is 350. The fourth-order valence-corrected chi connectivity index (χ4v) is 3.25. The van der Waals surface area contributed by atoms with Crippen molar-refractivity contribution in [3.05, 3.63) is 0 Å². The Balaban J connectivity index is 1.93. The van der Waals surface area contributed by atoms with E-state index in [1.165, 1.54) is 0 Å². The summed E-state index contributed by atoms with van der Waals surface area (Å²) in [6, 6.07) is 0. The van der Waals surface area contributed by atoms with Crippen molar-refractivity contribution in [2.24, 2.45) is 5.41 Å². The van der Waals surface area contributed by atoms with Crippen LogP contribution in [0.2, 0.25) is 0 Å². The summed E-state index contributed by atoms with van der Waals surface area (Å²) < 4.78 is 0. The van der Waals surface area contributed by atoms with Gasteiger partial charge in [0, 0.05) is 6.42 Å². The highest BCUT2D eigenvalue weighted by Gasteiger charge is 2.44. The molecule has 18 heavy (non-hydrogen) atoms. The van der Waals surface area contributed by atoms with Gasteiger partial charge in [-0.1, -0.05) is 12.8 Å². The summed E-state index contributed by atoms with van der Waals surface area (Å²) in [5.74, 6) is -0.829. The van der Waals surface area contributed by atoms with Crippen LogP contribution in [0.25, 0.3) is 0 Å². The third kappa shape index (κ3) is 2.83. The van der Waals surface area contributed by atoms with Gasteiger partial charge in [0.15, 0.2) is 0 Å². The lowest BCUT2D eigenvalue weighted by Crippen LogP contribution is -2.62. The van der Waals surface area contributed by atoms with Gasteiger partial charge in [-0.05, 0) is 25.2 Å². The Morgan fingerprint density at radius 1 is 1.17 bits per heavy atom. The van der Waals surface area contributed by atoms with Crippen LogP contribution in [0.15, 0.2) is 0 Å². The Morgan fingerprint density at radius 3 is 2.17 bits per heavy atom. The highest BCUT2D eigenvalue weighted by molar-refractivity contribution is 5.79. The van der Waals surface area contributed by atoms with Crippen molar-refractivity contribution in [1.29, 1.82) is 0 Å². The number of aliphatic carboxylic acids is 1. The van der Waals surface area contributed by atoms with E-state index in [0.29, 0.717) is 19.5 Å². The van der Waals surface area contributed by atoms with E-state index in [0.717, 1.165) is 25.7 Å². The third-order valence-electron chi connectivity index (χ3n) is 4.13. The van der Waals surface area contributed by atoms with Crippen molar-refractivity contribution in [3.8, 4) is 0 Å². The molecule has 1 saturated heterocycles. The summed E-state index contributed by atoms with van der Waals surface area (Å²) in [5, 5.41) is 18.6. The fourth-order valence-electron chi connectivity index (χ4n) is 3.25. The molecule has 0 atom stereocenters. The molecule has 5 nitrogen and oxygen atoms in total. The molecule has 0 bridgehead atoms. The smallest absolute Gasteiger partial charge is 0.303 e. The SMILES string of the molecule is CC1(O)CN(C(=O)CC2(CC(=O)O)CCCC2)C1. The van der Waals surface area contributed by atoms with Crippen molar-refractivity contribution >= 4 is 11.9 Å². The van der Waals surface area contributed by atoms with E-state index in [1.54, 1.807) is 11.8 Å². The molecule has 1 aliphatic carbocycles. The maximum atomic E-state index is 12.1. The maximum absolute atomic E-state index is 12.1. The molecular formula is C13H21NO4. The summed E-state index contributed by atoms with van der Waals surface area (Å²) in [6.45, 7) is 2.45. The summed E-state index contributed by atoms with van der Waals surface area (Å²) in [6.07, 6.45) is 4.08. The van der Waals surface area contributed by atoms with Crippen LogP contribution in [-0.2, 0) is 9.59 Å². The summed E-state index contributed by atoms with van der Waals surface area (Å²) in [4.78, 5) is 24.6. The second-order valence-electron chi connectivity index (χ2n) is 6.20. The Hall–Kier alpha value is -1.10. The number of likely N-dealkylation sites (tertiary alicyclic amines) is 1. The standard InChI is InChI=1S/C13H21NO4/c1-12(18)8-14(9-12)10(15)6-13(7-11(16)17)4-2-3-5-13/h18H,2-9H2,1H3,(H,16,17). The van der Waals surface area contributed by atoms with E-state index in [2.05, 4.69) is 0 Å². The fraction of sp³-hybridized carbons (Fsp3) is 0.846. The maximum Gasteiger partial charge on any atom is 0.303 e. The topological polar surface area (TPSA) is 77.8 Å². The molecule has 1 aliphatic heterocycles. The molecule has 2 N–H and O–H groups in total. The molecule has 0 spiro atoms. The van der Waals surface area contributed by atoms with Crippen molar-refractivity contribution in [3.63, 3.8) is 0 Å². The van der Waals surface area contributed by atoms with Crippen LogP contribution in [-0.4, -0.2) is 45.7 Å². The van der Waals surface area contributed by atoms with Gasteiger partial charge in [-0.25, -0.2) is 0 Å². The Morgan fingerprint density at radius 2 is 1.72 bits per heavy atom. The van der Waals surface area contributed by atoms with Gasteiger partial charge < -0.3 is 15.1 Å². The van der Waals surface area contributed by atoms with Crippen LogP contribution >= 0.6 is 0 Å². The normalized spacial score (nSPS) is 24.7. The summed E-state index contributed by atoms with van der Waals surface area (Å²) in [7, 11) is 0. The first-order valence-corrected chi connectivity index (χ1v) is 6.54. The highest BCUT2D eigenvalue weighted by atomic mass is 16.4. The van der Waals surface area contributed by atoms with Crippen molar-refractivity contribution in [1.82, 2.24) is 4.90 Å². The van der Waals surface area contributed by atoms with Gasteiger partial charge in [-0.2, -0.15) is 0 Å². The average molecular weight is 255 g/mol. The zero-order valence-corrected chi connectivity index (χ0v) is 10.8. The van der Waals surface area contributed by atoms with E-state index in [1.807, 2.05) is 0 Å². The highest BCUT2D eigenvalue weighted by Crippen LogP contribution is 2.44. The molecule has 0 aromatic rings. The molecule has 2 rings (SSSR count). The molecule has 1 saturated carbocycles. The van der Waals surface area contributed by atoms with E-state index in [-0.39, 0.29) is 17.7 Å². The van der Waals surface area contributed by atoms with Crippen LogP contribution in [0.3, 0.4) is 0 Å². The number of carboxylic acids is 1. The second-order valence-corrected chi connectivity index (χ2v) is 6.20. The van der Waals surface area contributed by atoms with Gasteiger partial charge in [-0.3, -0.25) is 9.59 Å². The molecular weight excluding hydrogens is 234 g/mol. The van der Waals surface area contributed by atoms with Crippen LogP contribution in [0, 0.1) is 5.41 Å². The van der Waals surface area contributed by atoms with Crippen molar-refractivity contribution < 1.29 is 19.8 Å². The van der Waals surface area contributed by atoms with Crippen LogP contribution in [0.5, 0.6) is 0 Å². The average Bonchev–Trinajstić information content (AvgIpc) is 2.61. The zero-order valence-electron chi connectivity index (χ0n) is 10.8. The van der Waals surface area contributed by atoms with Gasteiger partial charge in [-0.15, -0.1) is 0 Å². The van der Waals surface area contributed by atoms with E-state index < -0.39 is 11.6 Å². The lowest BCUT2D eigenvalue weighted by atomic mass is 9.78. The predicted molar refractivity (Wildman–Crippen MR) is 65.0 cm³/mol. The second kappa shape index (κ2) is 4.53. The monoisotopic (exact) mass is 255 g/mol. The zero-order chi connectivity index (χ0) is 13.4. The molecule has 5 heteroatoms. The summed E-state index contributed by atoms with van der Waals surface area (Å²) >= 11 is 0. The number of nitrogens with zero attached hydrogens (tertiary/aromatic N) is 1. The lowest BCUT2D eigenvalue weighted by molar-refractivity contribution is -0.155. The minimum atomic E-state index is -0.819. The van der Waals surface area contributed by atoms with Gasteiger partial charge in [0.1, 0.15) is 0 Å². The van der Waals surface area contributed by atoms with E-state index >= 15 is 0 Å². The molecule has 1 heterocycles. The predicted octanol–water partition coefficient (Wildman–Crippen LogP) is 1.00. The summed E-state index contributed by atoms with van der Waals surface area (Å²) in [5.41, 5.74) is -1.10. The molecule has 2 aliphatic rings.